The largest absolute Gasteiger partial charge is 0.480 e. The van der Waals surface area contributed by atoms with E-state index in [4.69, 9.17) is 15.6 Å². The van der Waals surface area contributed by atoms with Gasteiger partial charge in [0.05, 0.1) is 0 Å². The summed E-state index contributed by atoms with van der Waals surface area (Å²) in [4.78, 5) is 33.3. The summed E-state index contributed by atoms with van der Waals surface area (Å²) in [7, 11) is 0. The Balaban J connectivity index is 4.31. The maximum Gasteiger partial charge on any atom is 0.325 e. The van der Waals surface area contributed by atoms with Crippen LogP contribution < -0.4 is 5.73 Å². The molecule has 0 aromatic rings. The number of hydrogen-bond acceptors (Lipinski definition) is 5. The van der Waals surface area contributed by atoms with Gasteiger partial charge in [-0.05, 0) is 20.8 Å². The molecule has 1 atom stereocenters. The maximum atomic E-state index is 11.5. The van der Waals surface area contributed by atoms with Crippen LogP contribution in [0.15, 0.2) is 0 Å². The topological polar surface area (TPSA) is 110 Å². The number of nitrogens with zero attached hydrogens (tertiary/aromatic N) is 1. The van der Waals surface area contributed by atoms with Crippen LogP contribution >= 0.6 is 0 Å². The number of carbonyl (C=O) groups is 3. The molecule has 7 heteroatoms. The van der Waals surface area contributed by atoms with E-state index in [0.717, 1.165) is 4.90 Å². The van der Waals surface area contributed by atoms with Gasteiger partial charge in [0.25, 0.3) is 0 Å². The molecule has 0 bridgehead atoms. The number of carboxylic acids is 1. The Bertz CT molecular complexity index is 298. The van der Waals surface area contributed by atoms with Crippen molar-refractivity contribution in [2.45, 2.75) is 32.4 Å². The Kier molecular flexibility index (Phi) is 5.60. The van der Waals surface area contributed by atoms with Gasteiger partial charge in [-0.3, -0.25) is 14.4 Å². The van der Waals surface area contributed by atoms with Crippen LogP contribution in [0, 0.1) is 0 Å². The lowest BCUT2D eigenvalue weighted by atomic mass is 10.2. The van der Waals surface area contributed by atoms with Gasteiger partial charge in [0.1, 0.15) is 18.2 Å². The van der Waals surface area contributed by atoms with Gasteiger partial charge in [0, 0.05) is 6.54 Å². The first-order valence-electron chi connectivity index (χ1n) is 5.05. The summed E-state index contributed by atoms with van der Waals surface area (Å²) >= 11 is 0. The molecule has 17 heavy (non-hydrogen) atoms. The number of hydrogen-bond donors (Lipinski definition) is 2. The molecule has 0 saturated heterocycles. The van der Waals surface area contributed by atoms with Crippen LogP contribution in [0.2, 0.25) is 0 Å². The highest BCUT2D eigenvalue weighted by Gasteiger charge is 2.24. The monoisotopic (exact) mass is 246 g/mol. The molecule has 7 nitrogen and oxygen atoms in total. The molecule has 0 aliphatic heterocycles. The normalized spacial score (nSPS) is 12.7. The molecule has 0 aromatic heterocycles. The second kappa shape index (κ2) is 6.19. The smallest absolute Gasteiger partial charge is 0.325 e. The molecule has 0 radical (unpaired) electrons. The quantitative estimate of drug-likeness (QED) is 0.469. The predicted molar refractivity (Wildman–Crippen MR) is 59.1 cm³/mol. The number of aliphatic carboxylic acids is 1. The lowest BCUT2D eigenvalue weighted by molar-refractivity contribution is -0.157. The minimum atomic E-state index is -1.17. The van der Waals surface area contributed by atoms with Gasteiger partial charge in [-0.25, -0.2) is 0 Å². The summed E-state index contributed by atoms with van der Waals surface area (Å²) in [5, 5.41) is 8.50. The first-order valence-corrected chi connectivity index (χ1v) is 5.05. The summed E-state index contributed by atoms with van der Waals surface area (Å²) in [6.07, 6.45) is 0.332. The average molecular weight is 246 g/mol. The third kappa shape index (κ3) is 7.29. The van der Waals surface area contributed by atoms with Gasteiger partial charge < -0.3 is 20.5 Å². The summed E-state index contributed by atoms with van der Waals surface area (Å²) in [5.74, 6) is -1.84. The van der Waals surface area contributed by atoms with Crippen LogP contribution in [-0.4, -0.2) is 53.1 Å². The van der Waals surface area contributed by atoms with Crippen molar-refractivity contribution < 1.29 is 24.2 Å². The van der Waals surface area contributed by atoms with Gasteiger partial charge in [-0.15, -0.1) is 0 Å². The zero-order valence-electron chi connectivity index (χ0n) is 10.2. The molecule has 0 fully saturated rings. The van der Waals surface area contributed by atoms with Crippen molar-refractivity contribution in [1.29, 1.82) is 0 Å². The van der Waals surface area contributed by atoms with Crippen molar-refractivity contribution in [1.82, 2.24) is 4.90 Å². The SMILES string of the molecule is CC(C)(C)OC(=O)C(N)CN(C=O)CC(=O)O. The Morgan fingerprint density at radius 2 is 2.00 bits per heavy atom. The third-order valence-electron chi connectivity index (χ3n) is 1.63. The number of amides is 1. The molecule has 1 unspecified atom stereocenters. The van der Waals surface area contributed by atoms with E-state index in [1.807, 2.05) is 0 Å². The van der Waals surface area contributed by atoms with Gasteiger partial charge >= 0.3 is 11.9 Å². The van der Waals surface area contributed by atoms with E-state index < -0.39 is 30.1 Å². The second-order valence-corrected chi connectivity index (χ2v) is 4.57. The van der Waals surface area contributed by atoms with E-state index in [2.05, 4.69) is 0 Å². The van der Waals surface area contributed by atoms with Gasteiger partial charge in [-0.1, -0.05) is 0 Å². The zero-order valence-corrected chi connectivity index (χ0v) is 10.2. The zero-order chi connectivity index (χ0) is 13.6. The van der Waals surface area contributed by atoms with Crippen molar-refractivity contribution >= 4 is 18.3 Å². The summed E-state index contributed by atoms with van der Waals surface area (Å²) < 4.78 is 5.00. The number of carbonyl (C=O) groups excluding carboxylic acids is 2. The lowest BCUT2D eigenvalue weighted by Crippen LogP contribution is -2.46. The van der Waals surface area contributed by atoms with Crippen molar-refractivity contribution in [2.75, 3.05) is 13.1 Å². The minimum absolute atomic E-state index is 0.190. The molecule has 0 saturated carbocycles. The van der Waals surface area contributed by atoms with Gasteiger partial charge in [0.15, 0.2) is 0 Å². The Morgan fingerprint density at radius 3 is 2.35 bits per heavy atom. The molecule has 0 rings (SSSR count). The fraction of sp³-hybridized carbons (Fsp3) is 0.700. The maximum absolute atomic E-state index is 11.5. The van der Waals surface area contributed by atoms with Gasteiger partial charge in [0.2, 0.25) is 6.41 Å². The number of nitrogens with two attached hydrogens (primary N) is 1. The Morgan fingerprint density at radius 1 is 1.47 bits per heavy atom. The Labute approximate surface area is 99.5 Å². The molecule has 0 aliphatic carbocycles. The van der Waals surface area contributed by atoms with E-state index in [1.165, 1.54) is 0 Å². The highest BCUT2D eigenvalue weighted by Crippen LogP contribution is 2.08. The molecule has 0 spiro atoms. The van der Waals surface area contributed by atoms with Crippen molar-refractivity contribution in [2.24, 2.45) is 5.73 Å². The molecule has 0 aliphatic rings. The fourth-order valence-corrected chi connectivity index (χ4v) is 1.02. The molecular weight excluding hydrogens is 228 g/mol. The molecular formula is C10H18N2O5. The highest BCUT2D eigenvalue weighted by molar-refractivity contribution is 5.77. The highest BCUT2D eigenvalue weighted by atomic mass is 16.6. The number of carboxylic acid groups (broad SMARTS) is 1. The predicted octanol–water partition coefficient (Wildman–Crippen LogP) is -0.802. The first kappa shape index (κ1) is 15.4. The van der Waals surface area contributed by atoms with E-state index in [1.54, 1.807) is 20.8 Å². The number of esters is 1. The standard InChI is InChI=1S/C10H18N2O5/c1-10(2,3)17-9(16)7(11)4-12(6-13)5-8(14)15/h6-7H,4-5,11H2,1-3H3,(H,14,15). The van der Waals surface area contributed by atoms with E-state index in [9.17, 15) is 14.4 Å². The van der Waals surface area contributed by atoms with Crippen molar-refractivity contribution in [3.8, 4) is 0 Å². The molecule has 0 heterocycles. The summed E-state index contributed by atoms with van der Waals surface area (Å²) in [5.41, 5.74) is 4.84. The second-order valence-electron chi connectivity index (χ2n) is 4.57. The van der Waals surface area contributed by atoms with Crippen LogP contribution in [0.1, 0.15) is 20.8 Å². The number of rotatable bonds is 6. The summed E-state index contributed by atoms with van der Waals surface area (Å²) in [6.45, 7) is 4.37. The van der Waals surface area contributed by atoms with Crippen LogP contribution in [0.4, 0.5) is 0 Å². The van der Waals surface area contributed by atoms with Crippen LogP contribution in [0.3, 0.4) is 0 Å². The van der Waals surface area contributed by atoms with Crippen molar-refractivity contribution in [3.05, 3.63) is 0 Å². The molecule has 1 amide bonds. The molecule has 3 N–H and O–H groups in total. The number of ether oxygens (including phenoxy) is 1. The lowest BCUT2D eigenvalue weighted by Gasteiger charge is -2.24. The Hall–Kier alpha value is -1.63. The summed E-state index contributed by atoms with van der Waals surface area (Å²) in [6, 6.07) is -1.06. The van der Waals surface area contributed by atoms with Crippen LogP contribution in [-0.2, 0) is 19.1 Å². The van der Waals surface area contributed by atoms with E-state index >= 15 is 0 Å². The van der Waals surface area contributed by atoms with Crippen LogP contribution in [0.25, 0.3) is 0 Å². The van der Waals surface area contributed by atoms with E-state index in [0.29, 0.717) is 6.41 Å². The van der Waals surface area contributed by atoms with Gasteiger partial charge in [-0.2, -0.15) is 0 Å². The third-order valence-corrected chi connectivity index (χ3v) is 1.63. The van der Waals surface area contributed by atoms with Crippen molar-refractivity contribution in [3.63, 3.8) is 0 Å². The molecule has 0 aromatic carbocycles. The van der Waals surface area contributed by atoms with Crippen LogP contribution in [0.5, 0.6) is 0 Å². The molecule has 98 valence electrons. The average Bonchev–Trinajstić information content (AvgIpc) is 2.13. The first-order chi connectivity index (χ1) is 7.65. The van der Waals surface area contributed by atoms with E-state index in [-0.39, 0.29) is 6.54 Å². The fourth-order valence-electron chi connectivity index (χ4n) is 1.02. The minimum Gasteiger partial charge on any atom is -0.480 e.